The summed E-state index contributed by atoms with van der Waals surface area (Å²) in [5.74, 6) is 0.149. The number of aryl methyl sites for hydroxylation is 1. The number of benzene rings is 1. The summed E-state index contributed by atoms with van der Waals surface area (Å²) >= 11 is 0. The highest BCUT2D eigenvalue weighted by atomic mass is 16.3. The van der Waals surface area contributed by atoms with E-state index in [0.29, 0.717) is 18.2 Å². The molecular weight excluding hydrogens is 252 g/mol. The minimum absolute atomic E-state index is 0.0760. The van der Waals surface area contributed by atoms with Crippen LogP contribution in [0.25, 0.3) is 0 Å². The molecule has 1 amide bonds. The third-order valence-corrected chi connectivity index (χ3v) is 4.16. The summed E-state index contributed by atoms with van der Waals surface area (Å²) in [7, 11) is 2.13. The first kappa shape index (κ1) is 14.9. The van der Waals surface area contributed by atoms with Gasteiger partial charge in [-0.1, -0.05) is 12.8 Å². The van der Waals surface area contributed by atoms with Crippen LogP contribution in [-0.4, -0.2) is 42.1 Å². The van der Waals surface area contributed by atoms with Gasteiger partial charge >= 0.3 is 0 Å². The summed E-state index contributed by atoms with van der Waals surface area (Å²) in [6.45, 7) is 3.33. The highest BCUT2D eigenvalue weighted by Gasteiger charge is 2.19. The molecule has 1 aliphatic carbocycles. The molecule has 110 valence electrons. The number of carbonyl (C=O) groups excluding carboxylic acids is 1. The fraction of sp³-hybridized carbons (Fsp3) is 0.562. The Morgan fingerprint density at radius 1 is 1.40 bits per heavy atom. The Hall–Kier alpha value is -1.55. The summed E-state index contributed by atoms with van der Waals surface area (Å²) in [6, 6.07) is 5.61. The van der Waals surface area contributed by atoms with Crippen LogP contribution in [0.5, 0.6) is 5.75 Å². The molecule has 4 heteroatoms. The van der Waals surface area contributed by atoms with E-state index in [4.69, 9.17) is 0 Å². The largest absolute Gasteiger partial charge is 0.508 e. The highest BCUT2D eigenvalue weighted by Crippen LogP contribution is 2.21. The standard InChI is InChI=1S/C16H24N2O2/c1-12-11-13(7-8-15(12)19)16(20)17-9-10-18(2)14-5-3-4-6-14/h7-8,11,14,19H,3-6,9-10H2,1-2H3,(H,17,20). The van der Waals surface area contributed by atoms with Gasteiger partial charge in [0.15, 0.2) is 0 Å². The van der Waals surface area contributed by atoms with Crippen LogP contribution in [0.2, 0.25) is 0 Å². The first-order valence-electron chi connectivity index (χ1n) is 7.36. The molecule has 1 aliphatic rings. The lowest BCUT2D eigenvalue weighted by Gasteiger charge is -2.23. The molecule has 0 unspecified atom stereocenters. The summed E-state index contributed by atoms with van der Waals surface area (Å²) in [5.41, 5.74) is 1.32. The summed E-state index contributed by atoms with van der Waals surface area (Å²) in [5, 5.41) is 12.4. The number of phenolic OH excluding ortho intramolecular Hbond substituents is 1. The Bertz CT molecular complexity index is 468. The molecule has 1 aromatic carbocycles. The van der Waals surface area contributed by atoms with Crippen LogP contribution in [0.1, 0.15) is 41.6 Å². The Balaban J connectivity index is 1.78. The predicted molar refractivity (Wildman–Crippen MR) is 80.1 cm³/mol. The van der Waals surface area contributed by atoms with Crippen molar-refractivity contribution in [2.75, 3.05) is 20.1 Å². The van der Waals surface area contributed by atoms with Crippen LogP contribution in [0.3, 0.4) is 0 Å². The van der Waals surface area contributed by atoms with Crippen molar-refractivity contribution >= 4 is 5.91 Å². The van der Waals surface area contributed by atoms with Crippen LogP contribution in [0, 0.1) is 6.92 Å². The predicted octanol–water partition coefficient (Wildman–Crippen LogP) is 2.30. The molecule has 4 nitrogen and oxygen atoms in total. The molecule has 0 bridgehead atoms. The molecule has 0 heterocycles. The minimum Gasteiger partial charge on any atom is -0.508 e. The molecule has 2 rings (SSSR count). The fourth-order valence-corrected chi connectivity index (χ4v) is 2.77. The Labute approximate surface area is 120 Å². The summed E-state index contributed by atoms with van der Waals surface area (Å²) < 4.78 is 0. The first-order chi connectivity index (χ1) is 9.58. The second kappa shape index (κ2) is 6.75. The smallest absolute Gasteiger partial charge is 0.251 e. The molecular formula is C16H24N2O2. The number of nitrogens with zero attached hydrogens (tertiary/aromatic N) is 1. The van der Waals surface area contributed by atoms with Gasteiger partial charge < -0.3 is 15.3 Å². The van der Waals surface area contributed by atoms with Crippen molar-refractivity contribution in [3.8, 4) is 5.75 Å². The Kier molecular flexibility index (Phi) is 5.01. The van der Waals surface area contributed by atoms with Crippen molar-refractivity contribution in [2.45, 2.75) is 38.6 Å². The number of likely N-dealkylation sites (N-methyl/N-ethyl adjacent to an activating group) is 1. The van der Waals surface area contributed by atoms with E-state index in [0.717, 1.165) is 12.1 Å². The van der Waals surface area contributed by atoms with E-state index in [1.54, 1.807) is 25.1 Å². The zero-order valence-electron chi connectivity index (χ0n) is 12.4. The first-order valence-corrected chi connectivity index (χ1v) is 7.36. The molecule has 20 heavy (non-hydrogen) atoms. The van der Waals surface area contributed by atoms with Crippen molar-refractivity contribution in [3.05, 3.63) is 29.3 Å². The molecule has 0 atom stereocenters. The number of hydrogen-bond acceptors (Lipinski definition) is 3. The van der Waals surface area contributed by atoms with Crippen LogP contribution in [0.15, 0.2) is 18.2 Å². The number of phenols is 1. The van der Waals surface area contributed by atoms with E-state index in [1.807, 2.05) is 0 Å². The molecule has 1 fully saturated rings. The van der Waals surface area contributed by atoms with Gasteiger partial charge in [0.1, 0.15) is 5.75 Å². The van der Waals surface area contributed by atoms with Gasteiger partial charge in [-0.2, -0.15) is 0 Å². The quantitative estimate of drug-likeness (QED) is 0.867. The van der Waals surface area contributed by atoms with E-state index < -0.39 is 0 Å². The fourth-order valence-electron chi connectivity index (χ4n) is 2.77. The van der Waals surface area contributed by atoms with Crippen molar-refractivity contribution < 1.29 is 9.90 Å². The molecule has 0 saturated heterocycles. The molecule has 0 spiro atoms. The van der Waals surface area contributed by atoms with Gasteiger partial charge in [0.05, 0.1) is 0 Å². The van der Waals surface area contributed by atoms with Crippen LogP contribution in [0.4, 0.5) is 0 Å². The summed E-state index contributed by atoms with van der Waals surface area (Å²) in [6.07, 6.45) is 5.21. The number of carbonyl (C=O) groups is 1. The van der Waals surface area contributed by atoms with Crippen LogP contribution >= 0.6 is 0 Å². The number of rotatable bonds is 5. The Morgan fingerprint density at radius 3 is 2.75 bits per heavy atom. The number of hydrogen-bond donors (Lipinski definition) is 2. The van der Waals surface area contributed by atoms with Gasteiger partial charge in [-0.05, 0) is 50.6 Å². The number of aromatic hydroxyl groups is 1. The van der Waals surface area contributed by atoms with Gasteiger partial charge in [0, 0.05) is 24.7 Å². The molecule has 1 saturated carbocycles. The highest BCUT2D eigenvalue weighted by molar-refractivity contribution is 5.94. The zero-order chi connectivity index (χ0) is 14.5. The van der Waals surface area contributed by atoms with E-state index >= 15 is 0 Å². The van der Waals surface area contributed by atoms with Gasteiger partial charge in [-0.15, -0.1) is 0 Å². The lowest BCUT2D eigenvalue weighted by atomic mass is 10.1. The lowest BCUT2D eigenvalue weighted by Crippen LogP contribution is -2.37. The van der Waals surface area contributed by atoms with Crippen LogP contribution < -0.4 is 5.32 Å². The topological polar surface area (TPSA) is 52.6 Å². The van der Waals surface area contributed by atoms with Gasteiger partial charge in [-0.25, -0.2) is 0 Å². The van der Waals surface area contributed by atoms with Crippen molar-refractivity contribution in [3.63, 3.8) is 0 Å². The SMILES string of the molecule is Cc1cc(C(=O)NCCN(C)C2CCCC2)ccc1O. The monoisotopic (exact) mass is 276 g/mol. The van der Waals surface area contributed by atoms with E-state index in [-0.39, 0.29) is 11.7 Å². The average molecular weight is 276 g/mol. The second-order valence-corrected chi connectivity index (χ2v) is 5.68. The van der Waals surface area contributed by atoms with Gasteiger partial charge in [0.25, 0.3) is 5.91 Å². The van der Waals surface area contributed by atoms with E-state index in [2.05, 4.69) is 17.3 Å². The molecule has 1 aromatic rings. The lowest BCUT2D eigenvalue weighted by molar-refractivity contribution is 0.0947. The third-order valence-electron chi connectivity index (χ3n) is 4.16. The summed E-state index contributed by atoms with van der Waals surface area (Å²) in [4.78, 5) is 14.3. The Morgan fingerprint density at radius 2 is 2.10 bits per heavy atom. The van der Waals surface area contributed by atoms with Crippen LogP contribution in [-0.2, 0) is 0 Å². The molecule has 0 radical (unpaired) electrons. The molecule has 2 N–H and O–H groups in total. The average Bonchev–Trinajstić information content (AvgIpc) is 2.95. The maximum absolute atomic E-state index is 12.0. The van der Waals surface area contributed by atoms with E-state index in [9.17, 15) is 9.90 Å². The van der Waals surface area contributed by atoms with Crippen molar-refractivity contribution in [1.29, 1.82) is 0 Å². The van der Waals surface area contributed by atoms with Gasteiger partial charge in [-0.3, -0.25) is 4.79 Å². The van der Waals surface area contributed by atoms with Gasteiger partial charge in [0.2, 0.25) is 0 Å². The normalized spacial score (nSPS) is 15.8. The van der Waals surface area contributed by atoms with E-state index in [1.165, 1.54) is 25.7 Å². The molecule has 0 aliphatic heterocycles. The maximum Gasteiger partial charge on any atom is 0.251 e. The number of nitrogens with one attached hydrogen (secondary N) is 1. The number of amides is 1. The molecule has 0 aromatic heterocycles. The van der Waals surface area contributed by atoms with Crippen molar-refractivity contribution in [1.82, 2.24) is 10.2 Å². The van der Waals surface area contributed by atoms with Crippen molar-refractivity contribution in [2.24, 2.45) is 0 Å². The zero-order valence-corrected chi connectivity index (χ0v) is 12.4. The third kappa shape index (κ3) is 3.73. The second-order valence-electron chi connectivity index (χ2n) is 5.68. The maximum atomic E-state index is 12.0. The minimum atomic E-state index is -0.0760.